The molecular weight excluding hydrogens is 136 g/mol. The monoisotopic (exact) mass is 154 g/mol. The van der Waals surface area contributed by atoms with Crippen molar-refractivity contribution < 1.29 is 5.11 Å². The van der Waals surface area contributed by atoms with E-state index in [4.69, 9.17) is 0 Å². The van der Waals surface area contributed by atoms with Gasteiger partial charge < -0.3 is 5.11 Å². The molecule has 0 fully saturated rings. The fraction of sp³-hybridized carbons (Fsp3) is 0.800. The smallest absolute Gasteiger partial charge is 0.0840 e. The number of rotatable bonds is 2. The number of hydrogen-bond donors (Lipinski definition) is 1. The van der Waals surface area contributed by atoms with Crippen molar-refractivity contribution in [1.82, 2.24) is 0 Å². The van der Waals surface area contributed by atoms with Crippen LogP contribution in [0.3, 0.4) is 0 Å². The van der Waals surface area contributed by atoms with Crippen LogP contribution in [0.2, 0.25) is 0 Å². The Balaban J connectivity index is 2.90. The highest BCUT2D eigenvalue weighted by Crippen LogP contribution is 2.48. The third kappa shape index (κ3) is 1.02. The third-order valence-electron chi connectivity index (χ3n) is 2.91. The number of aliphatic hydroxyl groups excluding tert-OH is 1. The van der Waals surface area contributed by atoms with Crippen LogP contribution in [0.5, 0.6) is 0 Å². The summed E-state index contributed by atoms with van der Waals surface area (Å²) < 4.78 is 0. The first-order valence-electron chi connectivity index (χ1n) is 4.46. The van der Waals surface area contributed by atoms with Gasteiger partial charge in [-0.2, -0.15) is 0 Å². The molecule has 0 saturated carbocycles. The molecular formula is C10H18O. The van der Waals surface area contributed by atoms with Crippen molar-refractivity contribution in [3.8, 4) is 0 Å². The predicted octanol–water partition coefficient (Wildman–Crippen LogP) is 2.50. The number of aliphatic hydroxyl groups is 1. The molecule has 0 radical (unpaired) electrons. The molecule has 0 bridgehead atoms. The topological polar surface area (TPSA) is 20.2 Å². The van der Waals surface area contributed by atoms with Crippen molar-refractivity contribution in [2.45, 2.75) is 46.6 Å². The van der Waals surface area contributed by atoms with Crippen molar-refractivity contribution in [1.29, 1.82) is 0 Å². The van der Waals surface area contributed by atoms with Gasteiger partial charge in [0, 0.05) is 5.41 Å². The molecule has 0 heterocycles. The van der Waals surface area contributed by atoms with Crippen molar-refractivity contribution in [3.63, 3.8) is 0 Å². The molecule has 0 spiro atoms. The first-order chi connectivity index (χ1) is 5.05. The maximum absolute atomic E-state index is 9.68. The third-order valence-corrected chi connectivity index (χ3v) is 2.91. The lowest BCUT2D eigenvalue weighted by Crippen LogP contribution is -2.43. The van der Waals surface area contributed by atoms with Crippen LogP contribution in [0.25, 0.3) is 0 Å². The molecule has 0 amide bonds. The highest BCUT2D eigenvalue weighted by Gasteiger charge is 2.43. The molecule has 0 aliphatic heterocycles. The van der Waals surface area contributed by atoms with Crippen LogP contribution < -0.4 is 0 Å². The lowest BCUT2D eigenvalue weighted by Gasteiger charge is -2.46. The van der Waals surface area contributed by atoms with Crippen LogP contribution in [0.1, 0.15) is 40.5 Å². The Morgan fingerprint density at radius 2 is 1.82 bits per heavy atom. The molecule has 1 unspecified atom stereocenters. The van der Waals surface area contributed by atoms with E-state index in [2.05, 4.69) is 27.7 Å². The standard InChI is InChI=1S/C10H18O/c1-5-7-8(6-2)10(3,4)9(7)11/h9,11H,5-6H2,1-4H3. The highest BCUT2D eigenvalue weighted by atomic mass is 16.3. The summed E-state index contributed by atoms with van der Waals surface area (Å²) in [6.07, 6.45) is 1.92. The first-order valence-corrected chi connectivity index (χ1v) is 4.46. The van der Waals surface area contributed by atoms with Crippen molar-refractivity contribution in [3.05, 3.63) is 11.1 Å². The van der Waals surface area contributed by atoms with Crippen molar-refractivity contribution >= 4 is 0 Å². The van der Waals surface area contributed by atoms with Gasteiger partial charge in [-0.15, -0.1) is 0 Å². The van der Waals surface area contributed by atoms with E-state index in [9.17, 15) is 5.11 Å². The van der Waals surface area contributed by atoms with E-state index in [1.54, 1.807) is 0 Å². The van der Waals surface area contributed by atoms with Crippen LogP contribution >= 0.6 is 0 Å². The van der Waals surface area contributed by atoms with E-state index in [1.807, 2.05) is 0 Å². The molecule has 0 saturated heterocycles. The second kappa shape index (κ2) is 2.63. The van der Waals surface area contributed by atoms with Crippen LogP contribution in [0, 0.1) is 5.41 Å². The summed E-state index contributed by atoms with van der Waals surface area (Å²) in [5, 5.41) is 9.68. The van der Waals surface area contributed by atoms with Crippen LogP contribution in [0.15, 0.2) is 11.1 Å². The van der Waals surface area contributed by atoms with E-state index in [1.165, 1.54) is 11.1 Å². The highest BCUT2D eigenvalue weighted by molar-refractivity contribution is 5.37. The van der Waals surface area contributed by atoms with Crippen molar-refractivity contribution in [2.75, 3.05) is 0 Å². The summed E-state index contributed by atoms with van der Waals surface area (Å²) in [6, 6.07) is 0. The van der Waals surface area contributed by atoms with E-state index in [-0.39, 0.29) is 11.5 Å². The summed E-state index contributed by atoms with van der Waals surface area (Å²) in [5.41, 5.74) is 2.80. The summed E-state index contributed by atoms with van der Waals surface area (Å²) in [7, 11) is 0. The quantitative estimate of drug-likeness (QED) is 0.606. The van der Waals surface area contributed by atoms with Crippen molar-refractivity contribution in [2.24, 2.45) is 5.41 Å². The second-order valence-corrected chi connectivity index (χ2v) is 3.84. The Morgan fingerprint density at radius 1 is 1.27 bits per heavy atom. The minimum atomic E-state index is -0.178. The lowest BCUT2D eigenvalue weighted by atomic mass is 9.62. The summed E-state index contributed by atoms with van der Waals surface area (Å²) in [4.78, 5) is 0. The molecule has 1 aliphatic carbocycles. The normalized spacial score (nSPS) is 28.6. The maximum atomic E-state index is 9.68. The van der Waals surface area contributed by atoms with Gasteiger partial charge >= 0.3 is 0 Å². The van der Waals surface area contributed by atoms with E-state index in [0.717, 1.165) is 12.8 Å². The van der Waals surface area contributed by atoms with Crippen LogP contribution in [0.4, 0.5) is 0 Å². The molecule has 0 aromatic rings. The summed E-state index contributed by atoms with van der Waals surface area (Å²) >= 11 is 0. The Labute approximate surface area is 69.1 Å². The minimum Gasteiger partial charge on any atom is -0.388 e. The summed E-state index contributed by atoms with van der Waals surface area (Å²) in [5.74, 6) is 0. The lowest BCUT2D eigenvalue weighted by molar-refractivity contribution is 0.0653. The van der Waals surface area contributed by atoms with Gasteiger partial charge in [0.15, 0.2) is 0 Å². The molecule has 0 aromatic heterocycles. The largest absolute Gasteiger partial charge is 0.388 e. The minimum absolute atomic E-state index is 0.0556. The van der Waals surface area contributed by atoms with Gasteiger partial charge in [-0.25, -0.2) is 0 Å². The molecule has 0 aromatic carbocycles. The molecule has 1 aliphatic rings. The first kappa shape index (κ1) is 8.79. The van der Waals surface area contributed by atoms with E-state index >= 15 is 0 Å². The van der Waals surface area contributed by atoms with Gasteiger partial charge in [0.1, 0.15) is 0 Å². The van der Waals surface area contributed by atoms with Gasteiger partial charge in [0.05, 0.1) is 6.10 Å². The van der Waals surface area contributed by atoms with E-state index < -0.39 is 0 Å². The zero-order valence-electron chi connectivity index (χ0n) is 7.94. The van der Waals surface area contributed by atoms with Gasteiger partial charge in [-0.3, -0.25) is 0 Å². The molecule has 11 heavy (non-hydrogen) atoms. The molecule has 64 valence electrons. The van der Waals surface area contributed by atoms with Gasteiger partial charge in [-0.05, 0) is 18.4 Å². The number of hydrogen-bond acceptors (Lipinski definition) is 1. The predicted molar refractivity (Wildman–Crippen MR) is 47.4 cm³/mol. The zero-order chi connectivity index (χ0) is 8.65. The van der Waals surface area contributed by atoms with Crippen LogP contribution in [-0.2, 0) is 0 Å². The summed E-state index contributed by atoms with van der Waals surface area (Å²) in [6.45, 7) is 8.52. The average molecular weight is 154 g/mol. The Kier molecular flexibility index (Phi) is 2.10. The van der Waals surface area contributed by atoms with Gasteiger partial charge in [0.25, 0.3) is 0 Å². The molecule has 1 heteroatoms. The zero-order valence-corrected chi connectivity index (χ0v) is 7.94. The second-order valence-electron chi connectivity index (χ2n) is 3.84. The van der Waals surface area contributed by atoms with Gasteiger partial charge in [-0.1, -0.05) is 33.3 Å². The van der Waals surface area contributed by atoms with Crippen LogP contribution in [-0.4, -0.2) is 11.2 Å². The molecule has 1 rings (SSSR count). The molecule has 1 nitrogen and oxygen atoms in total. The Hall–Kier alpha value is -0.300. The maximum Gasteiger partial charge on any atom is 0.0840 e. The SMILES string of the molecule is CCC1=C(CC)C(C)(C)C1O. The Morgan fingerprint density at radius 3 is 2.09 bits per heavy atom. The van der Waals surface area contributed by atoms with Gasteiger partial charge in [0.2, 0.25) is 0 Å². The fourth-order valence-corrected chi connectivity index (χ4v) is 2.19. The van der Waals surface area contributed by atoms with E-state index in [0.29, 0.717) is 0 Å². The molecule has 1 N–H and O–H groups in total. The molecule has 1 atom stereocenters. The fourth-order valence-electron chi connectivity index (χ4n) is 2.19. The Bertz CT molecular complexity index is 189. The average Bonchev–Trinajstić information content (AvgIpc) is 1.98.